The summed E-state index contributed by atoms with van der Waals surface area (Å²) >= 11 is 5.60. The van der Waals surface area contributed by atoms with Crippen LogP contribution in [0.1, 0.15) is 19.8 Å². The Balaban J connectivity index is 3.04. The third kappa shape index (κ3) is 3.31. The number of pyridine rings is 1. The van der Waals surface area contributed by atoms with Crippen molar-refractivity contribution in [1.29, 1.82) is 0 Å². The first kappa shape index (κ1) is 14.2. The van der Waals surface area contributed by atoms with Crippen molar-refractivity contribution in [3.63, 3.8) is 0 Å². The van der Waals surface area contributed by atoms with Crippen molar-refractivity contribution < 1.29 is 8.42 Å². The van der Waals surface area contributed by atoms with Crippen molar-refractivity contribution in [3.8, 4) is 0 Å². The molecular formula is C10H15ClN2O3S. The third-order valence-corrected chi connectivity index (χ3v) is 4.48. The highest BCUT2D eigenvalue weighted by Gasteiger charge is 2.21. The summed E-state index contributed by atoms with van der Waals surface area (Å²) in [7, 11) is -2.07. The van der Waals surface area contributed by atoms with E-state index in [9.17, 15) is 13.2 Å². The molecule has 0 aliphatic carbocycles. The lowest BCUT2D eigenvalue weighted by molar-refractivity contribution is 0.459. The number of nitrogens with one attached hydrogen (secondary N) is 1. The molecule has 7 heteroatoms. The standard InChI is InChI=1S/C10H15ClN2O3S/c1-3-4-5-13(2)17(15,16)8-6-9(11)10(14)12-7-8/h6-7H,3-5H2,1-2H3,(H,12,14). The molecule has 0 bridgehead atoms. The fourth-order valence-corrected chi connectivity index (χ4v) is 2.71. The van der Waals surface area contributed by atoms with Crippen LogP contribution in [0.2, 0.25) is 5.02 Å². The topological polar surface area (TPSA) is 70.2 Å². The fraction of sp³-hybridized carbons (Fsp3) is 0.500. The minimum atomic E-state index is -3.57. The van der Waals surface area contributed by atoms with Gasteiger partial charge in [-0.15, -0.1) is 0 Å². The van der Waals surface area contributed by atoms with E-state index in [0.717, 1.165) is 25.1 Å². The number of aromatic nitrogens is 1. The number of unbranched alkanes of at least 4 members (excludes halogenated alkanes) is 1. The summed E-state index contributed by atoms with van der Waals surface area (Å²) in [5.41, 5.74) is -0.498. The van der Waals surface area contributed by atoms with Crippen molar-refractivity contribution in [2.75, 3.05) is 13.6 Å². The molecule has 0 saturated heterocycles. The minimum Gasteiger partial charge on any atom is -0.326 e. The number of sulfonamides is 1. The molecule has 0 aliphatic rings. The van der Waals surface area contributed by atoms with E-state index in [1.807, 2.05) is 6.92 Å². The molecule has 0 amide bonds. The van der Waals surface area contributed by atoms with Gasteiger partial charge in [-0.2, -0.15) is 0 Å². The number of nitrogens with zero attached hydrogens (tertiary/aromatic N) is 1. The monoisotopic (exact) mass is 278 g/mol. The lowest BCUT2D eigenvalue weighted by Gasteiger charge is -2.16. The summed E-state index contributed by atoms with van der Waals surface area (Å²) < 4.78 is 25.3. The first-order valence-corrected chi connectivity index (χ1v) is 7.06. The number of hydrogen-bond donors (Lipinski definition) is 1. The number of rotatable bonds is 5. The molecule has 1 N–H and O–H groups in total. The van der Waals surface area contributed by atoms with Crippen molar-refractivity contribution >= 4 is 21.6 Å². The zero-order valence-corrected chi connectivity index (χ0v) is 11.3. The molecule has 17 heavy (non-hydrogen) atoms. The van der Waals surface area contributed by atoms with Gasteiger partial charge in [-0.3, -0.25) is 4.79 Å². The summed E-state index contributed by atoms with van der Waals surface area (Å²) in [5, 5.41) is -0.130. The van der Waals surface area contributed by atoms with Gasteiger partial charge in [0.05, 0.1) is 4.90 Å². The predicted molar refractivity (Wildman–Crippen MR) is 66.8 cm³/mol. The minimum absolute atomic E-state index is 0.000651. The van der Waals surface area contributed by atoms with Gasteiger partial charge in [0, 0.05) is 19.8 Å². The van der Waals surface area contributed by atoms with E-state index >= 15 is 0 Å². The van der Waals surface area contributed by atoms with Gasteiger partial charge in [-0.25, -0.2) is 12.7 Å². The maximum Gasteiger partial charge on any atom is 0.266 e. The van der Waals surface area contributed by atoms with Crippen LogP contribution in [0.5, 0.6) is 0 Å². The summed E-state index contributed by atoms with van der Waals surface area (Å²) in [5.74, 6) is 0. The number of H-pyrrole nitrogens is 1. The Bertz CT molecular complexity index is 539. The van der Waals surface area contributed by atoms with Gasteiger partial charge in [0.2, 0.25) is 10.0 Å². The van der Waals surface area contributed by atoms with Gasteiger partial charge in [-0.05, 0) is 12.5 Å². The SMILES string of the molecule is CCCCN(C)S(=O)(=O)c1c[nH]c(=O)c(Cl)c1. The number of hydrogen-bond acceptors (Lipinski definition) is 3. The van der Waals surface area contributed by atoms with Gasteiger partial charge in [0.25, 0.3) is 5.56 Å². The average molecular weight is 279 g/mol. The predicted octanol–water partition coefficient (Wildman–Crippen LogP) is 1.45. The molecule has 0 radical (unpaired) electrons. The van der Waals surface area contributed by atoms with E-state index in [4.69, 9.17) is 11.6 Å². The lowest BCUT2D eigenvalue weighted by Crippen LogP contribution is -2.28. The lowest BCUT2D eigenvalue weighted by atomic mass is 10.3. The summed E-state index contributed by atoms with van der Waals surface area (Å²) in [6, 6.07) is 1.16. The highest BCUT2D eigenvalue weighted by atomic mass is 35.5. The molecule has 0 fully saturated rings. The molecule has 0 unspecified atom stereocenters. The Kier molecular flexibility index (Phi) is 4.73. The molecule has 0 aliphatic heterocycles. The average Bonchev–Trinajstić information content (AvgIpc) is 2.29. The van der Waals surface area contributed by atoms with Crippen LogP contribution in [0.3, 0.4) is 0 Å². The van der Waals surface area contributed by atoms with E-state index in [0.29, 0.717) is 6.54 Å². The van der Waals surface area contributed by atoms with E-state index in [2.05, 4.69) is 4.98 Å². The van der Waals surface area contributed by atoms with Gasteiger partial charge in [0.15, 0.2) is 0 Å². The summed E-state index contributed by atoms with van der Waals surface area (Å²) in [6.45, 7) is 2.42. The van der Waals surface area contributed by atoms with Crippen LogP contribution in [0.25, 0.3) is 0 Å². The van der Waals surface area contributed by atoms with Crippen LogP contribution in [-0.2, 0) is 10.0 Å². The molecule has 96 valence electrons. The molecular weight excluding hydrogens is 264 g/mol. The van der Waals surface area contributed by atoms with E-state index in [1.165, 1.54) is 11.4 Å². The smallest absolute Gasteiger partial charge is 0.266 e. The molecule has 0 aromatic carbocycles. The summed E-state index contributed by atoms with van der Waals surface area (Å²) in [4.78, 5) is 13.3. The van der Waals surface area contributed by atoms with Crippen LogP contribution in [-0.4, -0.2) is 31.3 Å². The van der Waals surface area contributed by atoms with Crippen molar-refractivity contribution in [2.45, 2.75) is 24.7 Å². The zero-order chi connectivity index (χ0) is 13.1. The van der Waals surface area contributed by atoms with Crippen molar-refractivity contribution in [3.05, 3.63) is 27.6 Å². The van der Waals surface area contributed by atoms with Crippen LogP contribution in [0.4, 0.5) is 0 Å². The van der Waals surface area contributed by atoms with Gasteiger partial charge in [-0.1, -0.05) is 24.9 Å². The Morgan fingerprint density at radius 1 is 1.47 bits per heavy atom. The quantitative estimate of drug-likeness (QED) is 0.886. The van der Waals surface area contributed by atoms with Gasteiger partial charge >= 0.3 is 0 Å². The molecule has 5 nitrogen and oxygen atoms in total. The maximum atomic E-state index is 12.0. The van der Waals surface area contributed by atoms with Gasteiger partial charge in [0.1, 0.15) is 5.02 Å². The van der Waals surface area contributed by atoms with Crippen LogP contribution < -0.4 is 5.56 Å². The first-order chi connectivity index (χ1) is 7.89. The highest BCUT2D eigenvalue weighted by Crippen LogP contribution is 2.15. The van der Waals surface area contributed by atoms with E-state index in [1.54, 1.807) is 0 Å². The second kappa shape index (κ2) is 5.66. The zero-order valence-electron chi connectivity index (χ0n) is 9.73. The molecule has 1 heterocycles. The Hall–Kier alpha value is -0.850. The van der Waals surface area contributed by atoms with E-state index < -0.39 is 15.6 Å². The Morgan fingerprint density at radius 2 is 2.12 bits per heavy atom. The Labute approximate surface area is 105 Å². The largest absolute Gasteiger partial charge is 0.326 e. The first-order valence-electron chi connectivity index (χ1n) is 5.24. The summed E-state index contributed by atoms with van der Waals surface area (Å²) in [6.07, 6.45) is 2.85. The molecule has 0 saturated carbocycles. The second-order valence-corrected chi connectivity index (χ2v) is 6.14. The molecule has 1 rings (SSSR count). The van der Waals surface area contributed by atoms with Crippen molar-refractivity contribution in [2.24, 2.45) is 0 Å². The normalized spacial score (nSPS) is 12.0. The molecule has 1 aromatic heterocycles. The second-order valence-electron chi connectivity index (χ2n) is 3.69. The molecule has 0 spiro atoms. The highest BCUT2D eigenvalue weighted by molar-refractivity contribution is 7.89. The number of aromatic amines is 1. The van der Waals surface area contributed by atoms with Crippen LogP contribution >= 0.6 is 11.6 Å². The third-order valence-electron chi connectivity index (χ3n) is 2.37. The van der Waals surface area contributed by atoms with Crippen LogP contribution in [0.15, 0.2) is 22.0 Å². The van der Waals surface area contributed by atoms with E-state index in [-0.39, 0.29) is 9.92 Å². The van der Waals surface area contributed by atoms with Crippen molar-refractivity contribution in [1.82, 2.24) is 9.29 Å². The molecule has 1 aromatic rings. The molecule has 0 atom stereocenters. The number of halogens is 1. The maximum absolute atomic E-state index is 12.0. The van der Waals surface area contributed by atoms with Gasteiger partial charge < -0.3 is 4.98 Å². The fourth-order valence-electron chi connectivity index (χ4n) is 1.27. The van der Waals surface area contributed by atoms with Crippen LogP contribution in [0, 0.1) is 0 Å². The Morgan fingerprint density at radius 3 is 2.65 bits per heavy atom.